The van der Waals surface area contributed by atoms with E-state index in [2.05, 4.69) is 62.7 Å². The van der Waals surface area contributed by atoms with Crippen molar-refractivity contribution in [2.24, 2.45) is 14.1 Å². The average molecular weight is 486 g/mol. The lowest BCUT2D eigenvalue weighted by Crippen LogP contribution is -2.19. The van der Waals surface area contributed by atoms with Crippen molar-refractivity contribution in [3.05, 3.63) is 81.3 Å². The normalized spacial score (nSPS) is 11.9. The second-order valence-corrected chi connectivity index (χ2v) is 9.14. The summed E-state index contributed by atoms with van der Waals surface area (Å²) >= 11 is 3.58. The summed E-state index contributed by atoms with van der Waals surface area (Å²) in [6.07, 6.45) is 2.02. The molecule has 0 aliphatic heterocycles. The monoisotopic (exact) mass is 485 g/mol. The first kappa shape index (κ1) is 19.1. The van der Waals surface area contributed by atoms with Crippen LogP contribution in [0.4, 0.5) is 0 Å². The van der Waals surface area contributed by atoms with E-state index in [4.69, 9.17) is 4.98 Å². The highest BCUT2D eigenvalue weighted by Gasteiger charge is 2.19. The molecule has 3 aromatic carbocycles. The Bertz CT molecular complexity index is 1750. The Morgan fingerprint density at radius 1 is 0.906 bits per heavy atom. The molecule has 6 aromatic rings. The van der Waals surface area contributed by atoms with Crippen molar-refractivity contribution in [3.63, 3.8) is 0 Å². The quantitative estimate of drug-likeness (QED) is 0.355. The Hall–Kier alpha value is -3.58. The third-order valence-corrected chi connectivity index (χ3v) is 6.70. The van der Waals surface area contributed by atoms with Gasteiger partial charge in [0.1, 0.15) is 5.82 Å². The summed E-state index contributed by atoms with van der Waals surface area (Å²) in [5, 5.41) is 1.12. The zero-order valence-electron chi connectivity index (χ0n) is 17.8. The molecule has 0 spiro atoms. The van der Waals surface area contributed by atoms with E-state index in [9.17, 15) is 4.79 Å². The number of fused-ring (bicyclic) bond motifs is 3. The van der Waals surface area contributed by atoms with Crippen LogP contribution in [0.15, 0.2) is 70.1 Å². The number of rotatable bonds is 2. The van der Waals surface area contributed by atoms with E-state index >= 15 is 0 Å². The molecule has 6 nitrogen and oxygen atoms in total. The van der Waals surface area contributed by atoms with Gasteiger partial charge in [-0.2, -0.15) is 0 Å². The predicted molar refractivity (Wildman–Crippen MR) is 133 cm³/mol. The van der Waals surface area contributed by atoms with Crippen LogP contribution in [-0.2, 0) is 14.1 Å². The standard InChI is InChI=1S/C25H20BrN5O/c1-14-4-7-17-18(13-27-19(17)10-14)24-28-20-11-15(26)5-8-21(20)31(24)16-6-9-22-23(12-16)30(3)25(32)29(22)2/h4-13,27H,1-3H3. The molecule has 0 amide bonds. The number of nitrogens with zero attached hydrogens (tertiary/aromatic N) is 4. The number of nitrogens with one attached hydrogen (secondary N) is 1. The number of hydrogen-bond donors (Lipinski definition) is 1. The van der Waals surface area contributed by atoms with Gasteiger partial charge in [0.05, 0.1) is 22.1 Å². The summed E-state index contributed by atoms with van der Waals surface area (Å²) in [4.78, 5) is 20.9. The van der Waals surface area contributed by atoms with Crippen molar-refractivity contribution >= 4 is 48.9 Å². The van der Waals surface area contributed by atoms with Crippen LogP contribution in [0.1, 0.15) is 5.56 Å². The number of halogens is 1. The lowest BCUT2D eigenvalue weighted by molar-refractivity contribution is 0.795. The number of imidazole rings is 2. The van der Waals surface area contributed by atoms with Crippen molar-refractivity contribution in [1.82, 2.24) is 23.7 Å². The van der Waals surface area contributed by atoms with Crippen molar-refractivity contribution in [2.75, 3.05) is 0 Å². The number of H-pyrrole nitrogens is 1. The Morgan fingerprint density at radius 3 is 2.53 bits per heavy atom. The molecule has 0 atom stereocenters. The van der Waals surface area contributed by atoms with E-state index in [1.165, 1.54) is 5.56 Å². The zero-order chi connectivity index (χ0) is 22.1. The number of hydrogen-bond acceptors (Lipinski definition) is 2. The van der Waals surface area contributed by atoms with Gasteiger partial charge in [0.2, 0.25) is 0 Å². The van der Waals surface area contributed by atoms with E-state index < -0.39 is 0 Å². The van der Waals surface area contributed by atoms with Crippen LogP contribution in [0.2, 0.25) is 0 Å². The van der Waals surface area contributed by atoms with Crippen LogP contribution in [0, 0.1) is 6.92 Å². The minimum absolute atomic E-state index is 0.0382. The molecule has 0 radical (unpaired) electrons. The molecular weight excluding hydrogens is 466 g/mol. The maximum absolute atomic E-state index is 12.5. The van der Waals surface area contributed by atoms with Gasteiger partial charge >= 0.3 is 5.69 Å². The largest absolute Gasteiger partial charge is 0.360 e. The molecule has 32 heavy (non-hydrogen) atoms. The molecule has 1 N–H and O–H groups in total. The van der Waals surface area contributed by atoms with E-state index in [1.807, 2.05) is 30.5 Å². The van der Waals surface area contributed by atoms with Gasteiger partial charge in [-0.05, 0) is 55.0 Å². The number of aryl methyl sites for hydroxylation is 3. The Balaban J connectivity index is 1.70. The first-order valence-corrected chi connectivity index (χ1v) is 11.1. The predicted octanol–water partition coefficient (Wildman–Crippen LogP) is 5.44. The minimum Gasteiger partial charge on any atom is -0.360 e. The molecule has 0 bridgehead atoms. The highest BCUT2D eigenvalue weighted by Crippen LogP contribution is 2.35. The van der Waals surface area contributed by atoms with Crippen molar-refractivity contribution in [2.45, 2.75) is 6.92 Å². The Kier molecular flexibility index (Phi) is 4.01. The van der Waals surface area contributed by atoms with Gasteiger partial charge < -0.3 is 4.98 Å². The second-order valence-electron chi connectivity index (χ2n) is 8.23. The van der Waals surface area contributed by atoms with Crippen LogP contribution in [0.5, 0.6) is 0 Å². The molecule has 0 saturated carbocycles. The van der Waals surface area contributed by atoms with E-state index in [1.54, 1.807) is 23.2 Å². The maximum Gasteiger partial charge on any atom is 0.328 e. The SMILES string of the molecule is Cc1ccc2c(-c3nc4cc(Br)ccc4n3-c3ccc4c(c3)n(C)c(=O)n4C)c[nH]c2c1. The van der Waals surface area contributed by atoms with E-state index in [0.29, 0.717) is 0 Å². The van der Waals surface area contributed by atoms with Gasteiger partial charge in [-0.25, -0.2) is 9.78 Å². The molecule has 0 saturated heterocycles. The molecule has 0 unspecified atom stereocenters. The number of aromatic nitrogens is 5. The van der Waals surface area contributed by atoms with Crippen LogP contribution in [0.3, 0.4) is 0 Å². The topological polar surface area (TPSA) is 60.5 Å². The van der Waals surface area contributed by atoms with Gasteiger partial charge in [-0.15, -0.1) is 0 Å². The van der Waals surface area contributed by atoms with E-state index in [-0.39, 0.29) is 5.69 Å². The van der Waals surface area contributed by atoms with Gasteiger partial charge in [0, 0.05) is 46.9 Å². The molecule has 158 valence electrons. The van der Waals surface area contributed by atoms with Crippen molar-refractivity contribution < 1.29 is 0 Å². The summed E-state index contributed by atoms with van der Waals surface area (Å²) in [6, 6.07) is 18.6. The van der Waals surface area contributed by atoms with Crippen LogP contribution in [-0.4, -0.2) is 23.7 Å². The smallest absolute Gasteiger partial charge is 0.328 e. The summed E-state index contributed by atoms with van der Waals surface area (Å²) in [5.74, 6) is 0.855. The fraction of sp³-hybridized carbons (Fsp3) is 0.120. The lowest BCUT2D eigenvalue weighted by atomic mass is 10.1. The van der Waals surface area contributed by atoms with Crippen molar-refractivity contribution in [3.8, 4) is 17.1 Å². The van der Waals surface area contributed by atoms with Crippen LogP contribution >= 0.6 is 15.9 Å². The summed E-state index contributed by atoms with van der Waals surface area (Å²) in [5.41, 5.74) is 7.94. The molecule has 0 fully saturated rings. The summed E-state index contributed by atoms with van der Waals surface area (Å²) < 4.78 is 6.51. The number of benzene rings is 3. The highest BCUT2D eigenvalue weighted by atomic mass is 79.9. The maximum atomic E-state index is 12.5. The fourth-order valence-corrected chi connectivity index (χ4v) is 4.90. The first-order valence-electron chi connectivity index (χ1n) is 10.3. The minimum atomic E-state index is -0.0382. The molecular formula is C25H20BrN5O. The Labute approximate surface area is 191 Å². The molecule has 7 heteroatoms. The van der Waals surface area contributed by atoms with Gasteiger partial charge in [-0.1, -0.05) is 28.1 Å². The van der Waals surface area contributed by atoms with Crippen LogP contribution in [0.25, 0.3) is 50.0 Å². The average Bonchev–Trinajstić information content (AvgIpc) is 3.42. The van der Waals surface area contributed by atoms with Gasteiger partial charge in [0.15, 0.2) is 0 Å². The van der Waals surface area contributed by atoms with Crippen molar-refractivity contribution in [1.29, 1.82) is 0 Å². The first-order chi connectivity index (χ1) is 15.4. The lowest BCUT2D eigenvalue weighted by Gasteiger charge is -2.10. The molecule has 0 aliphatic carbocycles. The van der Waals surface area contributed by atoms with E-state index in [0.717, 1.165) is 54.5 Å². The molecule has 6 rings (SSSR count). The summed E-state index contributed by atoms with van der Waals surface area (Å²) in [6.45, 7) is 2.09. The molecule has 3 aromatic heterocycles. The fourth-order valence-electron chi connectivity index (χ4n) is 4.55. The zero-order valence-corrected chi connectivity index (χ0v) is 19.4. The second kappa shape index (κ2) is 6.71. The number of aromatic amines is 1. The molecule has 0 aliphatic rings. The van der Waals surface area contributed by atoms with Gasteiger partial charge in [0.25, 0.3) is 0 Å². The summed E-state index contributed by atoms with van der Waals surface area (Å²) in [7, 11) is 3.61. The van der Waals surface area contributed by atoms with Gasteiger partial charge in [-0.3, -0.25) is 13.7 Å². The third kappa shape index (κ3) is 2.64. The van der Waals surface area contributed by atoms with Crippen LogP contribution < -0.4 is 5.69 Å². The highest BCUT2D eigenvalue weighted by molar-refractivity contribution is 9.10. The molecule has 3 heterocycles. The Morgan fingerprint density at radius 2 is 1.69 bits per heavy atom. The third-order valence-electron chi connectivity index (χ3n) is 6.21.